The van der Waals surface area contributed by atoms with Crippen LogP contribution in [0.3, 0.4) is 0 Å². The van der Waals surface area contributed by atoms with Gasteiger partial charge in [-0.2, -0.15) is 11.8 Å². The number of rotatable bonds is 7. The number of hydrogen-bond donors (Lipinski definition) is 1. The van der Waals surface area contributed by atoms with Crippen LogP contribution in [-0.2, 0) is 11.3 Å². The molecule has 1 aromatic heterocycles. The van der Waals surface area contributed by atoms with Crippen LogP contribution in [0.15, 0.2) is 18.2 Å². The SMILES string of the molecule is CSCCN(C)Cc1ccc(/C=C/C(=O)O)s1. The highest BCUT2D eigenvalue weighted by molar-refractivity contribution is 7.98. The molecule has 0 spiro atoms. The lowest BCUT2D eigenvalue weighted by molar-refractivity contribution is -0.131. The molecule has 94 valence electrons. The van der Waals surface area contributed by atoms with Crippen molar-refractivity contribution >= 4 is 35.1 Å². The van der Waals surface area contributed by atoms with Crippen molar-refractivity contribution in [2.24, 2.45) is 0 Å². The number of carboxylic acids is 1. The molecule has 0 saturated carbocycles. The van der Waals surface area contributed by atoms with Crippen molar-refractivity contribution < 1.29 is 9.90 Å². The molecule has 17 heavy (non-hydrogen) atoms. The third-order valence-electron chi connectivity index (χ3n) is 2.18. The molecular formula is C12H17NO2S2. The predicted octanol–water partition coefficient (Wildman–Crippen LogP) is 2.64. The average Bonchev–Trinajstić information content (AvgIpc) is 2.71. The monoisotopic (exact) mass is 271 g/mol. The molecule has 0 aliphatic heterocycles. The summed E-state index contributed by atoms with van der Waals surface area (Å²) < 4.78 is 0. The van der Waals surface area contributed by atoms with Gasteiger partial charge < -0.3 is 10.0 Å². The summed E-state index contributed by atoms with van der Waals surface area (Å²) in [5.41, 5.74) is 0. The summed E-state index contributed by atoms with van der Waals surface area (Å²) in [7, 11) is 2.10. The fourth-order valence-electron chi connectivity index (χ4n) is 1.31. The van der Waals surface area contributed by atoms with Gasteiger partial charge in [0.05, 0.1) is 0 Å². The minimum Gasteiger partial charge on any atom is -0.478 e. The van der Waals surface area contributed by atoms with Crippen LogP contribution < -0.4 is 0 Å². The summed E-state index contributed by atoms with van der Waals surface area (Å²) in [5.74, 6) is 0.227. The van der Waals surface area contributed by atoms with Gasteiger partial charge >= 0.3 is 5.97 Å². The fraction of sp³-hybridized carbons (Fsp3) is 0.417. The van der Waals surface area contributed by atoms with Crippen LogP contribution in [0.5, 0.6) is 0 Å². The van der Waals surface area contributed by atoms with Gasteiger partial charge in [-0.15, -0.1) is 11.3 Å². The van der Waals surface area contributed by atoms with Gasteiger partial charge in [0, 0.05) is 34.7 Å². The predicted molar refractivity (Wildman–Crippen MR) is 75.7 cm³/mol. The van der Waals surface area contributed by atoms with Crippen LogP contribution in [0, 0.1) is 0 Å². The number of aliphatic carboxylic acids is 1. The number of thiophene rings is 1. The number of carbonyl (C=O) groups is 1. The molecule has 0 saturated heterocycles. The van der Waals surface area contributed by atoms with E-state index in [2.05, 4.69) is 24.3 Å². The van der Waals surface area contributed by atoms with Gasteiger partial charge in [-0.1, -0.05) is 0 Å². The van der Waals surface area contributed by atoms with E-state index in [-0.39, 0.29) is 0 Å². The van der Waals surface area contributed by atoms with Crippen LogP contribution >= 0.6 is 23.1 Å². The second kappa shape index (κ2) is 7.53. The van der Waals surface area contributed by atoms with Gasteiger partial charge in [-0.25, -0.2) is 4.79 Å². The minimum atomic E-state index is -0.906. The molecule has 0 atom stereocenters. The summed E-state index contributed by atoms with van der Waals surface area (Å²) >= 11 is 3.48. The van der Waals surface area contributed by atoms with Crippen molar-refractivity contribution in [3.8, 4) is 0 Å². The second-order valence-corrected chi connectivity index (χ2v) is 5.89. The second-order valence-electron chi connectivity index (χ2n) is 3.71. The third kappa shape index (κ3) is 5.91. The molecule has 1 rings (SSSR count). The first-order chi connectivity index (χ1) is 8.11. The van der Waals surface area contributed by atoms with Crippen LogP contribution in [-0.4, -0.2) is 41.6 Å². The summed E-state index contributed by atoms with van der Waals surface area (Å²) in [6.07, 6.45) is 4.92. The van der Waals surface area contributed by atoms with E-state index in [0.29, 0.717) is 0 Å². The first-order valence-electron chi connectivity index (χ1n) is 5.29. The molecule has 5 heteroatoms. The Morgan fingerprint density at radius 1 is 1.59 bits per heavy atom. The largest absolute Gasteiger partial charge is 0.478 e. The molecule has 0 aliphatic rings. The highest BCUT2D eigenvalue weighted by Crippen LogP contribution is 2.19. The molecule has 0 bridgehead atoms. The molecule has 0 aromatic carbocycles. The van der Waals surface area contributed by atoms with E-state index in [1.807, 2.05) is 17.8 Å². The van der Waals surface area contributed by atoms with E-state index in [9.17, 15) is 4.79 Å². The van der Waals surface area contributed by atoms with Gasteiger partial charge in [-0.3, -0.25) is 0 Å². The smallest absolute Gasteiger partial charge is 0.328 e. The molecule has 0 radical (unpaired) electrons. The summed E-state index contributed by atoms with van der Waals surface area (Å²) in [6.45, 7) is 1.99. The van der Waals surface area contributed by atoms with E-state index in [4.69, 9.17) is 5.11 Å². The first kappa shape index (κ1) is 14.3. The third-order valence-corrected chi connectivity index (χ3v) is 3.80. The van der Waals surface area contributed by atoms with Crippen LogP contribution in [0.1, 0.15) is 9.75 Å². The van der Waals surface area contributed by atoms with Crippen LogP contribution in [0.25, 0.3) is 6.08 Å². The van der Waals surface area contributed by atoms with Gasteiger partial charge in [0.2, 0.25) is 0 Å². The molecule has 3 nitrogen and oxygen atoms in total. The number of carboxylic acid groups (broad SMARTS) is 1. The highest BCUT2D eigenvalue weighted by atomic mass is 32.2. The Balaban J connectivity index is 2.47. The molecule has 1 N–H and O–H groups in total. The Bertz CT molecular complexity index is 388. The van der Waals surface area contributed by atoms with E-state index >= 15 is 0 Å². The lowest BCUT2D eigenvalue weighted by atomic mass is 10.4. The first-order valence-corrected chi connectivity index (χ1v) is 7.50. The lowest BCUT2D eigenvalue weighted by Gasteiger charge is -2.14. The molecule has 0 unspecified atom stereocenters. The molecule has 0 amide bonds. The maximum absolute atomic E-state index is 10.4. The molecule has 0 fully saturated rings. The van der Waals surface area contributed by atoms with Gasteiger partial charge in [0.25, 0.3) is 0 Å². The standard InChI is InChI=1S/C12H17NO2S2/c1-13(7-8-16-2)9-11-4-3-10(17-11)5-6-12(14)15/h3-6H,7-9H2,1-2H3,(H,14,15)/b6-5+. The quantitative estimate of drug-likeness (QED) is 0.774. The Labute approximate surface area is 110 Å². The van der Waals surface area contributed by atoms with Crippen molar-refractivity contribution in [2.75, 3.05) is 25.6 Å². The summed E-state index contributed by atoms with van der Waals surface area (Å²) in [5, 5.41) is 8.53. The maximum atomic E-state index is 10.4. The lowest BCUT2D eigenvalue weighted by Crippen LogP contribution is -2.19. The van der Waals surface area contributed by atoms with Crippen LogP contribution in [0.4, 0.5) is 0 Å². The van der Waals surface area contributed by atoms with Gasteiger partial charge in [0.1, 0.15) is 0 Å². The van der Waals surface area contributed by atoms with E-state index < -0.39 is 5.97 Å². The highest BCUT2D eigenvalue weighted by Gasteiger charge is 2.02. The average molecular weight is 271 g/mol. The molecule has 0 aliphatic carbocycles. The van der Waals surface area contributed by atoms with Crippen molar-refractivity contribution in [1.29, 1.82) is 0 Å². The molecule has 1 aromatic rings. The van der Waals surface area contributed by atoms with Gasteiger partial charge in [0.15, 0.2) is 0 Å². The zero-order chi connectivity index (χ0) is 12.7. The zero-order valence-electron chi connectivity index (χ0n) is 10.0. The summed E-state index contributed by atoms with van der Waals surface area (Å²) in [6, 6.07) is 4.02. The van der Waals surface area contributed by atoms with Crippen LogP contribution in [0.2, 0.25) is 0 Å². The fourth-order valence-corrected chi connectivity index (χ4v) is 2.80. The van der Waals surface area contributed by atoms with Gasteiger partial charge in [-0.05, 0) is 31.5 Å². The Morgan fingerprint density at radius 3 is 3.00 bits per heavy atom. The van der Waals surface area contributed by atoms with Crippen molar-refractivity contribution in [3.05, 3.63) is 28.0 Å². The van der Waals surface area contributed by atoms with E-state index in [0.717, 1.165) is 23.7 Å². The molecular weight excluding hydrogens is 254 g/mol. The minimum absolute atomic E-state index is 0.906. The zero-order valence-corrected chi connectivity index (χ0v) is 11.7. The van der Waals surface area contributed by atoms with Crippen molar-refractivity contribution in [1.82, 2.24) is 4.90 Å². The van der Waals surface area contributed by atoms with Crippen molar-refractivity contribution in [2.45, 2.75) is 6.54 Å². The normalized spacial score (nSPS) is 11.5. The number of thioether (sulfide) groups is 1. The summed E-state index contributed by atoms with van der Waals surface area (Å²) in [4.78, 5) is 14.9. The Kier molecular flexibility index (Phi) is 6.32. The number of nitrogens with zero attached hydrogens (tertiary/aromatic N) is 1. The molecule has 1 heterocycles. The maximum Gasteiger partial charge on any atom is 0.328 e. The van der Waals surface area contributed by atoms with Crippen molar-refractivity contribution in [3.63, 3.8) is 0 Å². The Hall–Kier alpha value is -0.780. The van der Waals surface area contributed by atoms with E-state index in [1.54, 1.807) is 17.4 Å². The number of hydrogen-bond acceptors (Lipinski definition) is 4. The Morgan fingerprint density at radius 2 is 2.35 bits per heavy atom. The topological polar surface area (TPSA) is 40.5 Å². The van der Waals surface area contributed by atoms with E-state index in [1.165, 1.54) is 11.0 Å².